The van der Waals surface area contributed by atoms with Crippen LogP contribution >= 0.6 is 11.3 Å². The number of carbonyl (C=O) groups is 2. The lowest BCUT2D eigenvalue weighted by atomic mass is 9.99. The molecule has 4 rings (SSSR count). The van der Waals surface area contributed by atoms with E-state index in [0.29, 0.717) is 5.69 Å². The maximum Gasteiger partial charge on any atom is 0.302 e. The predicted molar refractivity (Wildman–Crippen MR) is 89.7 cm³/mol. The molecule has 0 saturated carbocycles. The number of anilines is 1. The summed E-state index contributed by atoms with van der Waals surface area (Å²) in [6, 6.07) is 4.01. The first kappa shape index (κ1) is 16.1. The van der Waals surface area contributed by atoms with Gasteiger partial charge in [0, 0.05) is 5.56 Å². The van der Waals surface area contributed by atoms with Crippen molar-refractivity contribution in [3.8, 4) is 0 Å². The van der Waals surface area contributed by atoms with E-state index in [-0.39, 0.29) is 16.3 Å². The summed E-state index contributed by atoms with van der Waals surface area (Å²) >= 11 is 1.08. The number of aliphatic hydroxyl groups excluding tert-OH is 1. The molecule has 1 aromatic carbocycles. The summed E-state index contributed by atoms with van der Waals surface area (Å²) in [6.45, 7) is 0. The minimum atomic E-state index is -0.949. The molecule has 2 N–H and O–H groups in total. The van der Waals surface area contributed by atoms with Crippen molar-refractivity contribution in [2.75, 3.05) is 4.90 Å². The number of halogens is 1. The van der Waals surface area contributed by atoms with Crippen molar-refractivity contribution in [2.45, 2.75) is 6.04 Å². The van der Waals surface area contributed by atoms with Crippen molar-refractivity contribution < 1.29 is 19.1 Å². The van der Waals surface area contributed by atoms with E-state index < -0.39 is 29.3 Å². The number of hydrogen-bond acceptors (Lipinski definition) is 7. The Kier molecular flexibility index (Phi) is 3.81. The molecular formula is C16H10FN5O3S. The second-order valence-corrected chi connectivity index (χ2v) is 6.22. The minimum Gasteiger partial charge on any atom is -0.507 e. The fraction of sp³-hybridized carbons (Fsp3) is 0.0625. The van der Waals surface area contributed by atoms with Gasteiger partial charge in [-0.15, -0.1) is 10.2 Å². The zero-order chi connectivity index (χ0) is 18.3. The fourth-order valence-electron chi connectivity index (χ4n) is 2.78. The second-order valence-electron chi connectivity index (χ2n) is 5.40. The smallest absolute Gasteiger partial charge is 0.302 e. The number of nitrogens with zero attached hydrogens (tertiary/aromatic N) is 4. The number of nitrogens with one attached hydrogen (secondary N) is 1. The Morgan fingerprint density at radius 1 is 1.27 bits per heavy atom. The minimum absolute atomic E-state index is 0.138. The van der Waals surface area contributed by atoms with E-state index in [9.17, 15) is 19.1 Å². The molecule has 1 aliphatic rings. The van der Waals surface area contributed by atoms with Crippen LogP contribution in [-0.4, -0.2) is 37.0 Å². The lowest BCUT2D eigenvalue weighted by Gasteiger charge is -2.20. The number of rotatable bonds is 3. The quantitative estimate of drug-likeness (QED) is 0.414. The molecule has 2 aromatic heterocycles. The Morgan fingerprint density at radius 2 is 2.04 bits per heavy atom. The van der Waals surface area contributed by atoms with Crippen LogP contribution in [0.4, 0.5) is 9.52 Å². The number of Topliss-reactive ketones (excluding diaryl/α,β-unsaturated/α-hetero) is 1. The molecule has 1 fully saturated rings. The van der Waals surface area contributed by atoms with Gasteiger partial charge in [-0.05, 0) is 24.3 Å². The number of aromatic amines is 1. The molecule has 1 saturated heterocycles. The number of amides is 1. The number of carbonyl (C=O) groups excluding carboxylic acids is 2. The highest BCUT2D eigenvalue weighted by Gasteiger charge is 2.48. The maximum atomic E-state index is 13.2. The van der Waals surface area contributed by atoms with Crippen molar-refractivity contribution in [1.29, 1.82) is 0 Å². The first-order valence-electron chi connectivity index (χ1n) is 7.39. The zero-order valence-electron chi connectivity index (χ0n) is 13.0. The SMILES string of the molecule is O=C1C(=O)N(c2nncs2)C(c2cnc[nH]2)/C1=C(\O)c1ccc(F)cc1. The molecule has 1 aliphatic heterocycles. The monoisotopic (exact) mass is 371 g/mol. The van der Waals surface area contributed by atoms with Gasteiger partial charge in [0.2, 0.25) is 5.13 Å². The molecule has 10 heteroatoms. The van der Waals surface area contributed by atoms with Gasteiger partial charge in [-0.2, -0.15) is 0 Å². The van der Waals surface area contributed by atoms with Crippen LogP contribution in [0.2, 0.25) is 0 Å². The molecule has 3 heterocycles. The van der Waals surface area contributed by atoms with Gasteiger partial charge in [-0.1, -0.05) is 11.3 Å². The van der Waals surface area contributed by atoms with Crippen molar-refractivity contribution in [3.63, 3.8) is 0 Å². The van der Waals surface area contributed by atoms with Gasteiger partial charge < -0.3 is 10.1 Å². The van der Waals surface area contributed by atoms with Crippen molar-refractivity contribution >= 4 is 33.9 Å². The second kappa shape index (κ2) is 6.15. The van der Waals surface area contributed by atoms with Crippen LogP contribution in [0.5, 0.6) is 0 Å². The van der Waals surface area contributed by atoms with Crippen molar-refractivity contribution in [1.82, 2.24) is 20.2 Å². The lowest BCUT2D eigenvalue weighted by molar-refractivity contribution is -0.132. The zero-order valence-corrected chi connectivity index (χ0v) is 13.8. The number of aliphatic hydroxyl groups is 1. The highest BCUT2D eigenvalue weighted by Crippen LogP contribution is 2.41. The van der Waals surface area contributed by atoms with E-state index in [1.54, 1.807) is 0 Å². The standard InChI is InChI=1S/C16H10FN5O3S/c17-9-3-1-8(2-4-9)13(23)11-12(10-5-18-6-19-10)22(15(25)14(11)24)16-21-20-7-26-16/h1-7,12,23H,(H,18,19)/b13-11+. The molecule has 8 nitrogen and oxygen atoms in total. The predicted octanol–water partition coefficient (Wildman–Crippen LogP) is 2.03. The number of ketones is 1. The molecule has 26 heavy (non-hydrogen) atoms. The number of hydrogen-bond donors (Lipinski definition) is 2. The van der Waals surface area contributed by atoms with Crippen LogP contribution in [0.25, 0.3) is 5.76 Å². The van der Waals surface area contributed by atoms with Crippen LogP contribution in [0, 0.1) is 5.82 Å². The summed E-state index contributed by atoms with van der Waals surface area (Å²) in [6.07, 6.45) is 2.84. The third-order valence-electron chi connectivity index (χ3n) is 3.93. The largest absolute Gasteiger partial charge is 0.507 e. The van der Waals surface area contributed by atoms with E-state index in [1.807, 2.05) is 0 Å². The van der Waals surface area contributed by atoms with Gasteiger partial charge in [-0.3, -0.25) is 14.5 Å². The van der Waals surface area contributed by atoms with Crippen molar-refractivity contribution in [2.24, 2.45) is 0 Å². The summed E-state index contributed by atoms with van der Waals surface area (Å²) < 4.78 is 13.2. The van der Waals surface area contributed by atoms with Gasteiger partial charge in [0.25, 0.3) is 5.78 Å². The van der Waals surface area contributed by atoms with Gasteiger partial charge >= 0.3 is 5.91 Å². The molecule has 3 aromatic rings. The molecule has 0 bridgehead atoms. The van der Waals surface area contributed by atoms with Crippen LogP contribution in [0.3, 0.4) is 0 Å². The van der Waals surface area contributed by atoms with Gasteiger partial charge in [0.1, 0.15) is 23.1 Å². The third kappa shape index (κ3) is 2.47. The molecule has 1 amide bonds. The van der Waals surface area contributed by atoms with Crippen LogP contribution in [0.1, 0.15) is 17.3 Å². The Bertz CT molecular complexity index is 999. The fourth-order valence-corrected chi connectivity index (χ4v) is 3.36. The molecule has 1 atom stereocenters. The number of imidazole rings is 1. The first-order valence-corrected chi connectivity index (χ1v) is 8.27. The van der Waals surface area contributed by atoms with Crippen LogP contribution < -0.4 is 4.90 Å². The Labute approximate surface area is 149 Å². The number of benzene rings is 1. The van der Waals surface area contributed by atoms with Crippen LogP contribution in [-0.2, 0) is 9.59 Å². The third-order valence-corrected chi connectivity index (χ3v) is 4.62. The van der Waals surface area contributed by atoms with E-state index in [4.69, 9.17) is 0 Å². The number of H-pyrrole nitrogens is 1. The average Bonchev–Trinajstić information content (AvgIpc) is 3.37. The lowest BCUT2D eigenvalue weighted by Crippen LogP contribution is -2.29. The molecule has 1 unspecified atom stereocenters. The van der Waals surface area contributed by atoms with E-state index >= 15 is 0 Å². The van der Waals surface area contributed by atoms with Gasteiger partial charge in [0.05, 0.1) is 23.8 Å². The van der Waals surface area contributed by atoms with Crippen molar-refractivity contribution in [3.05, 3.63) is 64.9 Å². The van der Waals surface area contributed by atoms with Crippen LogP contribution in [0.15, 0.2) is 47.9 Å². The summed E-state index contributed by atoms with van der Waals surface area (Å²) in [5.74, 6) is -2.61. The Morgan fingerprint density at radius 3 is 2.65 bits per heavy atom. The van der Waals surface area contributed by atoms with Gasteiger partial charge in [-0.25, -0.2) is 9.37 Å². The molecular weight excluding hydrogens is 361 g/mol. The van der Waals surface area contributed by atoms with E-state index in [1.165, 1.54) is 30.2 Å². The summed E-state index contributed by atoms with van der Waals surface area (Å²) in [5, 5.41) is 18.4. The molecule has 0 aliphatic carbocycles. The topological polar surface area (TPSA) is 112 Å². The maximum absolute atomic E-state index is 13.2. The normalized spacial score (nSPS) is 19.3. The van der Waals surface area contributed by atoms with E-state index in [0.717, 1.165) is 28.4 Å². The molecule has 0 radical (unpaired) electrons. The first-order chi connectivity index (χ1) is 12.6. The summed E-state index contributed by atoms with van der Waals surface area (Å²) in [7, 11) is 0. The summed E-state index contributed by atoms with van der Waals surface area (Å²) in [4.78, 5) is 33.1. The average molecular weight is 371 g/mol. The Balaban J connectivity index is 1.92. The molecule has 130 valence electrons. The summed E-state index contributed by atoms with van der Waals surface area (Å²) in [5.41, 5.74) is 1.92. The van der Waals surface area contributed by atoms with Gasteiger partial charge in [0.15, 0.2) is 0 Å². The highest BCUT2D eigenvalue weighted by atomic mass is 32.1. The molecule has 0 spiro atoms. The highest BCUT2D eigenvalue weighted by molar-refractivity contribution is 7.13. The Hall–Kier alpha value is -3.40. The number of aromatic nitrogens is 4. The van der Waals surface area contributed by atoms with E-state index in [2.05, 4.69) is 20.2 Å².